The van der Waals surface area contributed by atoms with Crippen LogP contribution in [-0.2, 0) is 28.9 Å². The van der Waals surface area contributed by atoms with Gasteiger partial charge in [0.25, 0.3) is 0 Å². The van der Waals surface area contributed by atoms with Gasteiger partial charge in [0.05, 0.1) is 34.7 Å². The molecule has 24 heteroatoms. The van der Waals surface area contributed by atoms with Gasteiger partial charge in [0, 0.05) is 21.4 Å². The molecule has 0 spiro atoms. The number of azo groups is 1. The van der Waals surface area contributed by atoms with Crippen molar-refractivity contribution in [2.45, 2.75) is 9.79 Å². The van der Waals surface area contributed by atoms with E-state index in [0.717, 1.165) is 17.4 Å². The van der Waals surface area contributed by atoms with Crippen LogP contribution in [0, 0.1) is 5.95 Å². The molecule has 1 heterocycles. The molecule has 16 nitrogen and oxygen atoms in total. The first-order valence-electron chi connectivity index (χ1n) is 12.2. The molecule has 3 N–H and O–H groups in total. The van der Waals surface area contributed by atoms with Crippen molar-refractivity contribution < 1.29 is 140 Å². The number of phenolic OH excluding ortho intramolecular Hbond substituents is 1. The molecule has 1 aromatic heterocycles. The van der Waals surface area contributed by atoms with Crippen molar-refractivity contribution >= 4 is 96.2 Å². The van der Waals surface area contributed by atoms with Crippen LogP contribution < -0.4 is 110 Å². The number of hydrogen-bond donors (Lipinski definition) is 3. The van der Waals surface area contributed by atoms with Gasteiger partial charge in [0.2, 0.25) is 11.9 Å². The third kappa shape index (κ3) is 11.8. The predicted octanol–water partition coefficient (Wildman–Crippen LogP) is -4.17. The number of anilines is 3. The first kappa shape index (κ1) is 44.2. The van der Waals surface area contributed by atoms with Crippen LogP contribution in [0.5, 0.6) is 5.75 Å². The number of halogens is 2. The summed E-state index contributed by atoms with van der Waals surface area (Å²) >= 11 is 7.16. The fraction of sp³-hybridized carbons (Fsp3) is 0.0400. The van der Waals surface area contributed by atoms with Gasteiger partial charge in [0.1, 0.15) is 26.7 Å². The minimum absolute atomic E-state index is 0. The second-order valence-electron chi connectivity index (χ2n) is 8.81. The van der Waals surface area contributed by atoms with Crippen molar-refractivity contribution in [1.82, 2.24) is 9.97 Å². The van der Waals surface area contributed by atoms with E-state index in [1.54, 1.807) is 36.4 Å². The van der Waals surface area contributed by atoms with E-state index in [1.807, 2.05) is 0 Å². The third-order valence-corrected chi connectivity index (χ3v) is 7.94. The fourth-order valence-corrected chi connectivity index (χ4v) is 5.39. The Kier molecular flexibility index (Phi) is 18.4. The molecule has 0 bridgehead atoms. The minimum Gasteiger partial charge on any atom is -0.747 e. The Morgan fingerprint density at radius 1 is 0.918 bits per heavy atom. The largest absolute Gasteiger partial charge is 1.00 e. The Bertz CT molecular complexity index is 2080. The number of benzene rings is 4. The average molecular weight is 779 g/mol. The van der Waals surface area contributed by atoms with Crippen LogP contribution in [0.1, 0.15) is 0 Å². The van der Waals surface area contributed by atoms with E-state index in [-0.39, 0.29) is 122 Å². The molecule has 0 saturated carbocycles. The van der Waals surface area contributed by atoms with Crippen LogP contribution in [0.3, 0.4) is 0 Å². The molecule has 5 aromatic rings. The number of aromatic hydroxyl groups is 1. The zero-order chi connectivity index (χ0) is 32.8. The molecule has 0 radical (unpaired) electrons. The molecule has 4 aromatic carbocycles. The van der Waals surface area contributed by atoms with Crippen molar-refractivity contribution in [2.75, 3.05) is 16.5 Å². The molecule has 0 aliphatic heterocycles. The summed E-state index contributed by atoms with van der Waals surface area (Å²) in [6.07, 6.45) is 0. The van der Waals surface area contributed by atoms with Crippen LogP contribution in [0.15, 0.2) is 80.7 Å². The molecule has 0 aliphatic carbocycles. The SMILES string of the molecule is O=S(=O)([O-])CNc1nc(F)c(Cl)c(Nc2ccc3c(O)c(N=Nc4cccc5cc(SOO[O-])ccc45)c(SOO[O-])cc3c2)n1.[Na+].[Na+].[Na+]. The minimum atomic E-state index is -4.71. The van der Waals surface area contributed by atoms with E-state index in [1.165, 1.54) is 24.3 Å². The zero-order valence-corrected chi connectivity index (χ0v) is 34.6. The van der Waals surface area contributed by atoms with Crippen LogP contribution in [0.25, 0.3) is 21.5 Å². The van der Waals surface area contributed by atoms with Crippen LogP contribution >= 0.6 is 35.7 Å². The summed E-state index contributed by atoms with van der Waals surface area (Å²) in [5.41, 5.74) is 0.633. The number of phenols is 1. The standard InChI is InChI=1S/C25H18ClFN6O10S3.3Na/c26-20-23(27)30-25(28-11-46(37,38)39)31-24(20)29-14-4-6-17-13(8-14)10-19(45-43-41-36)21(22(17)34)33-32-18-3-1-2-12-9-15(44-42-40-35)5-7-16(12)18;;;/h1-10,34-36H,11H2,(H,37,38,39)(H2,28,29,30,31);;;/q;3*+1/p-3. The van der Waals surface area contributed by atoms with E-state index >= 15 is 0 Å². The normalized spacial score (nSPS) is 11.2. The van der Waals surface area contributed by atoms with E-state index in [0.29, 0.717) is 33.4 Å². The van der Waals surface area contributed by atoms with Gasteiger partial charge in [-0.05, 0) is 53.2 Å². The van der Waals surface area contributed by atoms with E-state index < -0.39 is 32.9 Å². The predicted molar refractivity (Wildman–Crippen MR) is 158 cm³/mol. The van der Waals surface area contributed by atoms with E-state index in [2.05, 4.69) is 49.6 Å². The van der Waals surface area contributed by atoms with Gasteiger partial charge in [-0.15, -0.1) is 10.2 Å². The number of nitrogens with zero attached hydrogens (tertiary/aromatic N) is 4. The molecule has 0 fully saturated rings. The smallest absolute Gasteiger partial charge is 0.747 e. The summed E-state index contributed by atoms with van der Waals surface area (Å²) in [6, 6.07) is 16.3. The maximum atomic E-state index is 14.3. The van der Waals surface area contributed by atoms with Gasteiger partial charge < -0.3 is 30.8 Å². The van der Waals surface area contributed by atoms with Crippen molar-refractivity contribution in [3.05, 3.63) is 71.6 Å². The Morgan fingerprint density at radius 3 is 2.35 bits per heavy atom. The number of fused-ring (bicyclic) bond motifs is 2. The molecule has 0 unspecified atom stereocenters. The van der Waals surface area contributed by atoms with Gasteiger partial charge in [-0.2, -0.15) is 23.0 Å². The average Bonchev–Trinajstić information content (AvgIpc) is 3.03. The van der Waals surface area contributed by atoms with Crippen LogP contribution in [-0.4, -0.2) is 33.9 Å². The summed E-state index contributed by atoms with van der Waals surface area (Å²) in [6.45, 7) is 0. The van der Waals surface area contributed by atoms with Crippen LogP contribution in [0.4, 0.5) is 33.2 Å². The zero-order valence-electron chi connectivity index (χ0n) is 25.4. The Balaban J connectivity index is 0.00000278. The Labute approximate surface area is 356 Å². The molecule has 0 amide bonds. The molecule has 49 heavy (non-hydrogen) atoms. The molecular weight excluding hydrogens is 764 g/mol. The summed E-state index contributed by atoms with van der Waals surface area (Å²) in [5.74, 6) is -3.40. The summed E-state index contributed by atoms with van der Waals surface area (Å²) in [5, 5.41) is 53.7. The van der Waals surface area contributed by atoms with Crippen molar-refractivity contribution in [2.24, 2.45) is 10.2 Å². The monoisotopic (exact) mass is 778 g/mol. The Hall–Kier alpha value is -0.930. The molecule has 240 valence electrons. The van der Waals surface area contributed by atoms with E-state index in [9.17, 15) is 33.0 Å². The topological polar surface area (TPSA) is 235 Å². The van der Waals surface area contributed by atoms with Gasteiger partial charge in [-0.3, -0.25) is 10.1 Å². The molecule has 5 rings (SSSR count). The van der Waals surface area contributed by atoms with Gasteiger partial charge in [-0.1, -0.05) is 29.8 Å². The number of nitrogens with one attached hydrogen (secondary N) is 2. The maximum absolute atomic E-state index is 14.3. The Morgan fingerprint density at radius 2 is 1.63 bits per heavy atom. The fourth-order valence-electron chi connectivity index (χ4n) is 4.05. The second kappa shape index (κ2) is 20.3. The second-order valence-corrected chi connectivity index (χ2v) is 12.1. The molecule has 0 saturated heterocycles. The molecular formula is C25H15ClFN6Na3O10S3. The summed E-state index contributed by atoms with van der Waals surface area (Å²) < 4.78 is 55.9. The van der Waals surface area contributed by atoms with Crippen molar-refractivity contribution in [1.29, 1.82) is 0 Å². The third-order valence-electron chi connectivity index (χ3n) is 5.93. The van der Waals surface area contributed by atoms with Crippen molar-refractivity contribution in [3.63, 3.8) is 0 Å². The van der Waals surface area contributed by atoms with E-state index in [4.69, 9.17) is 11.6 Å². The van der Waals surface area contributed by atoms with Crippen molar-refractivity contribution in [3.8, 4) is 5.75 Å². The molecule has 0 atom stereocenters. The van der Waals surface area contributed by atoms with Gasteiger partial charge >= 0.3 is 88.7 Å². The quantitative estimate of drug-likeness (QED) is 0.0196. The first-order valence-corrected chi connectivity index (χ1v) is 15.7. The molecule has 0 aliphatic rings. The maximum Gasteiger partial charge on any atom is 1.00 e. The van der Waals surface area contributed by atoms with Crippen LogP contribution in [0.2, 0.25) is 5.02 Å². The first-order chi connectivity index (χ1) is 22.1. The number of hydrogen-bond acceptors (Lipinski definition) is 18. The number of aromatic nitrogens is 2. The number of rotatable bonds is 13. The summed E-state index contributed by atoms with van der Waals surface area (Å²) in [4.78, 5) is 7.98. The van der Waals surface area contributed by atoms with Gasteiger partial charge in [0.15, 0.2) is 11.6 Å². The van der Waals surface area contributed by atoms with Gasteiger partial charge in [-0.25, -0.2) is 8.42 Å². The summed E-state index contributed by atoms with van der Waals surface area (Å²) in [7, 11) is -4.71.